The zero-order valence-corrected chi connectivity index (χ0v) is 16.2. The van der Waals surface area contributed by atoms with Gasteiger partial charge in [0.15, 0.2) is 0 Å². The molecule has 0 aromatic heterocycles. The van der Waals surface area contributed by atoms with Gasteiger partial charge in [0.1, 0.15) is 11.8 Å². The molecule has 0 bridgehead atoms. The third-order valence-corrected chi connectivity index (χ3v) is 7.25. The molecule has 134 valence electrons. The maximum Gasteiger partial charge on any atom is 0.244 e. The molecule has 6 nitrogen and oxygen atoms in total. The number of ether oxygens (including phenoxy) is 1. The predicted octanol–water partition coefficient (Wildman–Crippen LogP) is 2.28. The first-order chi connectivity index (χ1) is 11.4. The van der Waals surface area contributed by atoms with Crippen LogP contribution in [0.15, 0.2) is 23.1 Å². The fourth-order valence-corrected chi connectivity index (χ4v) is 6.03. The molecule has 1 amide bonds. The van der Waals surface area contributed by atoms with E-state index in [0.717, 1.165) is 0 Å². The van der Waals surface area contributed by atoms with Gasteiger partial charge in [0.05, 0.1) is 22.9 Å². The van der Waals surface area contributed by atoms with Gasteiger partial charge < -0.3 is 9.64 Å². The van der Waals surface area contributed by atoms with Gasteiger partial charge in [0.2, 0.25) is 15.9 Å². The molecule has 0 unspecified atom stereocenters. The Morgan fingerprint density at radius 3 is 2.62 bits per heavy atom. The van der Waals surface area contributed by atoms with Crippen LogP contribution in [0.2, 0.25) is 5.02 Å². The largest absolute Gasteiger partial charge is 0.495 e. The number of hydrogen-bond acceptors (Lipinski definition) is 5. The second kappa shape index (κ2) is 7.95. The molecule has 9 heteroatoms. The minimum atomic E-state index is -3.81. The molecule has 1 fully saturated rings. The van der Waals surface area contributed by atoms with Gasteiger partial charge >= 0.3 is 0 Å². The zero-order chi connectivity index (χ0) is 17.9. The molecule has 24 heavy (non-hydrogen) atoms. The van der Waals surface area contributed by atoms with E-state index in [4.69, 9.17) is 16.3 Å². The van der Waals surface area contributed by atoms with Gasteiger partial charge in [-0.15, -0.1) is 11.8 Å². The maximum atomic E-state index is 12.9. The Morgan fingerprint density at radius 1 is 1.42 bits per heavy atom. The lowest BCUT2D eigenvalue weighted by Gasteiger charge is -2.27. The van der Waals surface area contributed by atoms with Crippen LogP contribution in [0.25, 0.3) is 0 Å². The van der Waals surface area contributed by atoms with Crippen molar-refractivity contribution < 1.29 is 17.9 Å². The van der Waals surface area contributed by atoms with E-state index in [1.807, 2.05) is 13.8 Å². The molecular formula is C15H21ClN2O4S2. The Balaban J connectivity index is 2.34. The quantitative estimate of drug-likeness (QED) is 0.743. The van der Waals surface area contributed by atoms with E-state index in [1.165, 1.54) is 41.4 Å². The molecule has 0 spiro atoms. The molecular weight excluding hydrogens is 372 g/mol. The summed E-state index contributed by atoms with van der Waals surface area (Å²) in [4.78, 5) is 14.3. The SMILES string of the molecule is CCN(CC)C(=O)[C@H]1CSCN1S(=O)(=O)c1ccc(OC)c(Cl)c1. The van der Waals surface area contributed by atoms with Crippen molar-refractivity contribution in [3.8, 4) is 5.75 Å². The number of likely N-dealkylation sites (N-methyl/N-ethyl adjacent to an activating group) is 1. The third kappa shape index (κ3) is 3.66. The average Bonchev–Trinajstić information content (AvgIpc) is 3.06. The molecule has 1 aromatic carbocycles. The van der Waals surface area contributed by atoms with Crippen LogP contribution < -0.4 is 4.74 Å². The molecule has 0 radical (unpaired) electrons. The fourth-order valence-electron chi connectivity index (χ4n) is 2.55. The highest BCUT2D eigenvalue weighted by Crippen LogP contribution is 2.32. The lowest BCUT2D eigenvalue weighted by Crippen LogP contribution is -2.48. The number of rotatable bonds is 6. The first-order valence-corrected chi connectivity index (χ1v) is 10.6. The van der Waals surface area contributed by atoms with Gasteiger partial charge in [-0.25, -0.2) is 8.42 Å². The van der Waals surface area contributed by atoms with Crippen molar-refractivity contribution in [3.05, 3.63) is 23.2 Å². The van der Waals surface area contributed by atoms with Crippen molar-refractivity contribution in [2.45, 2.75) is 24.8 Å². The molecule has 1 heterocycles. The summed E-state index contributed by atoms with van der Waals surface area (Å²) in [5, 5.41) is 0.219. The lowest BCUT2D eigenvalue weighted by atomic mass is 10.3. The van der Waals surface area contributed by atoms with Crippen LogP contribution in [0.3, 0.4) is 0 Å². The zero-order valence-electron chi connectivity index (χ0n) is 13.9. The standard InChI is InChI=1S/C15H21ClN2O4S2/c1-4-17(5-2)15(19)13-9-23-10-18(13)24(20,21)11-6-7-14(22-3)12(16)8-11/h6-8,13H,4-5,9-10H2,1-3H3/t13-/m1/s1. The number of benzene rings is 1. The van der Waals surface area contributed by atoms with Gasteiger partial charge in [-0.1, -0.05) is 11.6 Å². The topological polar surface area (TPSA) is 66.9 Å². The monoisotopic (exact) mass is 392 g/mol. The van der Waals surface area contributed by atoms with E-state index in [9.17, 15) is 13.2 Å². The molecule has 1 aliphatic rings. The van der Waals surface area contributed by atoms with Crippen LogP contribution in [0.1, 0.15) is 13.8 Å². The molecule has 0 aliphatic carbocycles. The summed E-state index contributed by atoms with van der Waals surface area (Å²) in [6.07, 6.45) is 0. The van der Waals surface area contributed by atoms with E-state index < -0.39 is 16.1 Å². The molecule has 2 rings (SSSR count). The van der Waals surface area contributed by atoms with Crippen molar-refractivity contribution in [2.24, 2.45) is 0 Å². The second-order valence-corrected chi connectivity index (χ2v) is 8.51. The van der Waals surface area contributed by atoms with E-state index in [1.54, 1.807) is 4.90 Å². The van der Waals surface area contributed by atoms with Crippen molar-refractivity contribution in [1.82, 2.24) is 9.21 Å². The number of amides is 1. The summed E-state index contributed by atoms with van der Waals surface area (Å²) in [5.41, 5.74) is 0. The lowest BCUT2D eigenvalue weighted by molar-refractivity contribution is -0.133. The normalized spacial score (nSPS) is 18.6. The number of thioether (sulfide) groups is 1. The highest BCUT2D eigenvalue weighted by Gasteiger charge is 2.41. The highest BCUT2D eigenvalue weighted by molar-refractivity contribution is 8.00. The van der Waals surface area contributed by atoms with Crippen molar-refractivity contribution >= 4 is 39.3 Å². The predicted molar refractivity (Wildman–Crippen MR) is 96.1 cm³/mol. The fraction of sp³-hybridized carbons (Fsp3) is 0.533. The molecule has 0 saturated carbocycles. The van der Waals surface area contributed by atoms with E-state index in [0.29, 0.717) is 24.6 Å². The van der Waals surface area contributed by atoms with Crippen LogP contribution >= 0.6 is 23.4 Å². The summed E-state index contributed by atoms with van der Waals surface area (Å²) < 4.78 is 32.2. The van der Waals surface area contributed by atoms with Crippen LogP contribution in [0.4, 0.5) is 0 Å². The van der Waals surface area contributed by atoms with E-state index >= 15 is 0 Å². The van der Waals surface area contributed by atoms with Gasteiger partial charge in [-0.2, -0.15) is 4.31 Å². The minimum Gasteiger partial charge on any atom is -0.495 e. The number of hydrogen-bond donors (Lipinski definition) is 0. The molecule has 0 N–H and O–H groups in total. The van der Waals surface area contributed by atoms with Gasteiger partial charge in [-0.05, 0) is 32.0 Å². The smallest absolute Gasteiger partial charge is 0.244 e. The number of sulfonamides is 1. The van der Waals surface area contributed by atoms with E-state index in [2.05, 4.69) is 0 Å². The van der Waals surface area contributed by atoms with Crippen LogP contribution in [-0.2, 0) is 14.8 Å². The molecule has 1 aromatic rings. The van der Waals surface area contributed by atoms with Crippen molar-refractivity contribution in [2.75, 3.05) is 31.8 Å². The average molecular weight is 393 g/mol. The van der Waals surface area contributed by atoms with Crippen LogP contribution in [-0.4, -0.2) is 61.4 Å². The Hall–Kier alpha value is -0.960. The number of nitrogens with zero attached hydrogens (tertiary/aromatic N) is 2. The third-order valence-electron chi connectivity index (χ3n) is 3.93. The first-order valence-electron chi connectivity index (χ1n) is 7.58. The molecule has 1 atom stereocenters. The Bertz CT molecular complexity index is 707. The van der Waals surface area contributed by atoms with Crippen molar-refractivity contribution in [1.29, 1.82) is 0 Å². The number of carbonyl (C=O) groups is 1. The van der Waals surface area contributed by atoms with Gasteiger partial charge in [0.25, 0.3) is 0 Å². The Morgan fingerprint density at radius 2 is 2.08 bits per heavy atom. The Labute approximate surface area is 152 Å². The van der Waals surface area contributed by atoms with Crippen molar-refractivity contribution in [3.63, 3.8) is 0 Å². The van der Waals surface area contributed by atoms with Crippen LogP contribution in [0.5, 0.6) is 5.75 Å². The summed E-state index contributed by atoms with van der Waals surface area (Å²) >= 11 is 7.48. The first kappa shape index (κ1) is 19.4. The maximum absolute atomic E-state index is 12.9. The highest BCUT2D eigenvalue weighted by atomic mass is 35.5. The number of methoxy groups -OCH3 is 1. The summed E-state index contributed by atoms with van der Waals surface area (Å²) in [6.45, 7) is 4.87. The second-order valence-electron chi connectivity index (χ2n) is 5.21. The van der Waals surface area contributed by atoms with E-state index in [-0.39, 0.29) is 21.7 Å². The van der Waals surface area contributed by atoms with Crippen LogP contribution in [0, 0.1) is 0 Å². The Kier molecular flexibility index (Phi) is 6.41. The summed E-state index contributed by atoms with van der Waals surface area (Å²) in [5.74, 6) is 0.956. The molecule has 1 saturated heterocycles. The summed E-state index contributed by atoms with van der Waals surface area (Å²) in [6, 6.07) is 3.64. The number of halogens is 1. The minimum absolute atomic E-state index is 0.0631. The number of carbonyl (C=O) groups excluding carboxylic acids is 1. The summed E-state index contributed by atoms with van der Waals surface area (Å²) in [7, 11) is -2.34. The molecule has 1 aliphatic heterocycles. The van der Waals surface area contributed by atoms with Gasteiger partial charge in [0, 0.05) is 18.8 Å². The van der Waals surface area contributed by atoms with Gasteiger partial charge in [-0.3, -0.25) is 4.79 Å².